The number of rotatable bonds is 5. The predicted molar refractivity (Wildman–Crippen MR) is 91.8 cm³/mol. The Bertz CT molecular complexity index is 531. The highest BCUT2D eigenvalue weighted by Gasteiger charge is 2.26. The first-order valence-electron chi connectivity index (χ1n) is 8.95. The van der Waals surface area contributed by atoms with Crippen LogP contribution in [0.15, 0.2) is 10.7 Å². The van der Waals surface area contributed by atoms with E-state index >= 15 is 0 Å². The van der Waals surface area contributed by atoms with Gasteiger partial charge in [-0.1, -0.05) is 0 Å². The van der Waals surface area contributed by atoms with Gasteiger partial charge in [0.25, 0.3) is 5.91 Å². The molecule has 1 amide bonds. The molecule has 1 aromatic heterocycles. The van der Waals surface area contributed by atoms with E-state index < -0.39 is 0 Å². The first-order valence-corrected chi connectivity index (χ1v) is 8.95. The Morgan fingerprint density at radius 2 is 1.96 bits per heavy atom. The average Bonchev–Trinajstić information content (AvgIpc) is 3.06. The number of likely N-dealkylation sites (tertiary alicyclic amines) is 1. The molecule has 134 valence electrons. The van der Waals surface area contributed by atoms with E-state index in [4.69, 9.17) is 4.42 Å². The molecule has 0 unspecified atom stereocenters. The number of hydrogen-bond donors (Lipinski definition) is 1. The normalized spacial score (nSPS) is 21.3. The second kappa shape index (κ2) is 8.09. The lowest BCUT2D eigenvalue weighted by atomic mass is 9.96. The summed E-state index contributed by atoms with van der Waals surface area (Å²) < 4.78 is 5.31. The number of hydrogen-bond acceptors (Lipinski definition) is 6. The van der Waals surface area contributed by atoms with Crippen LogP contribution >= 0.6 is 0 Å². The quantitative estimate of drug-likeness (QED) is 0.845. The Morgan fingerprint density at radius 1 is 1.25 bits per heavy atom. The van der Waals surface area contributed by atoms with Gasteiger partial charge in [0.1, 0.15) is 6.26 Å². The van der Waals surface area contributed by atoms with Gasteiger partial charge in [0.15, 0.2) is 5.69 Å². The molecule has 1 N–H and O–H groups in total. The Labute approximate surface area is 144 Å². The molecule has 0 radical (unpaired) electrons. The minimum Gasteiger partial charge on any atom is -0.447 e. The second-order valence-electron chi connectivity index (χ2n) is 7.00. The van der Waals surface area contributed by atoms with Crippen molar-refractivity contribution in [1.82, 2.24) is 25.0 Å². The number of carbonyl (C=O) groups is 1. The van der Waals surface area contributed by atoms with Gasteiger partial charge in [-0.05, 0) is 45.9 Å². The van der Waals surface area contributed by atoms with Crippen molar-refractivity contribution in [2.75, 3.05) is 59.9 Å². The molecule has 2 fully saturated rings. The standard InChI is InChI=1S/C17H29N5O2/c1-18-11-16-19-15(13-24-16)17(23)22-9-7-21(8-10-22)12-14-3-5-20(2)6-4-14/h13-14,18H,3-12H2,1-2H3. The number of piperazine rings is 1. The van der Waals surface area contributed by atoms with Crippen LogP contribution in [0.1, 0.15) is 29.2 Å². The van der Waals surface area contributed by atoms with E-state index in [0.717, 1.165) is 32.1 Å². The van der Waals surface area contributed by atoms with E-state index in [0.29, 0.717) is 18.1 Å². The molecule has 7 heteroatoms. The Kier molecular flexibility index (Phi) is 5.86. The van der Waals surface area contributed by atoms with Crippen molar-refractivity contribution in [2.24, 2.45) is 5.92 Å². The fourth-order valence-electron chi connectivity index (χ4n) is 3.55. The summed E-state index contributed by atoms with van der Waals surface area (Å²) in [7, 11) is 4.03. The lowest BCUT2D eigenvalue weighted by molar-refractivity contribution is 0.0588. The molecule has 0 bridgehead atoms. The van der Waals surface area contributed by atoms with E-state index in [2.05, 4.69) is 27.1 Å². The van der Waals surface area contributed by atoms with Gasteiger partial charge in [-0.25, -0.2) is 4.98 Å². The molecule has 2 aliphatic heterocycles. The summed E-state index contributed by atoms with van der Waals surface area (Å²) in [6.07, 6.45) is 4.06. The molecule has 1 aromatic rings. The SMILES string of the molecule is CNCc1nc(C(=O)N2CCN(CC3CCN(C)CC3)CC2)co1. The lowest BCUT2D eigenvalue weighted by Crippen LogP contribution is -2.50. The highest BCUT2D eigenvalue weighted by molar-refractivity contribution is 5.92. The summed E-state index contributed by atoms with van der Waals surface area (Å²) in [5, 5.41) is 2.97. The van der Waals surface area contributed by atoms with Crippen molar-refractivity contribution in [3.63, 3.8) is 0 Å². The van der Waals surface area contributed by atoms with Crippen LogP contribution in [0.25, 0.3) is 0 Å². The fraction of sp³-hybridized carbons (Fsp3) is 0.765. The van der Waals surface area contributed by atoms with Crippen molar-refractivity contribution >= 4 is 5.91 Å². The van der Waals surface area contributed by atoms with E-state index in [1.807, 2.05) is 11.9 Å². The highest BCUT2D eigenvalue weighted by atomic mass is 16.3. The molecule has 24 heavy (non-hydrogen) atoms. The van der Waals surface area contributed by atoms with Gasteiger partial charge in [-0.15, -0.1) is 0 Å². The van der Waals surface area contributed by atoms with Gasteiger partial charge in [0.2, 0.25) is 5.89 Å². The van der Waals surface area contributed by atoms with Gasteiger partial charge < -0.3 is 19.5 Å². The number of amides is 1. The molecule has 3 rings (SSSR count). The second-order valence-corrected chi connectivity index (χ2v) is 7.00. The maximum Gasteiger partial charge on any atom is 0.275 e. The highest BCUT2D eigenvalue weighted by Crippen LogP contribution is 2.18. The minimum absolute atomic E-state index is 0.0138. The van der Waals surface area contributed by atoms with Crippen molar-refractivity contribution in [2.45, 2.75) is 19.4 Å². The van der Waals surface area contributed by atoms with Crippen molar-refractivity contribution in [1.29, 1.82) is 0 Å². The average molecular weight is 335 g/mol. The first-order chi connectivity index (χ1) is 11.7. The summed E-state index contributed by atoms with van der Waals surface area (Å²) in [6.45, 7) is 7.61. The molecule has 0 aromatic carbocycles. The van der Waals surface area contributed by atoms with Crippen LogP contribution in [-0.2, 0) is 6.54 Å². The number of oxazole rings is 1. The third-order valence-corrected chi connectivity index (χ3v) is 5.11. The molecule has 0 saturated carbocycles. The van der Waals surface area contributed by atoms with E-state index in [9.17, 15) is 4.79 Å². The third kappa shape index (κ3) is 4.34. The molecule has 0 spiro atoms. The van der Waals surface area contributed by atoms with Crippen LogP contribution in [-0.4, -0.2) is 85.5 Å². The van der Waals surface area contributed by atoms with Gasteiger partial charge in [-0.2, -0.15) is 0 Å². The van der Waals surface area contributed by atoms with Crippen molar-refractivity contribution in [3.05, 3.63) is 17.8 Å². The molecule has 0 aliphatic carbocycles. The zero-order valence-electron chi connectivity index (χ0n) is 14.8. The minimum atomic E-state index is -0.0138. The Hall–Kier alpha value is -1.44. The van der Waals surface area contributed by atoms with Crippen LogP contribution in [0, 0.1) is 5.92 Å². The molecule has 2 saturated heterocycles. The van der Waals surface area contributed by atoms with Crippen molar-refractivity contribution < 1.29 is 9.21 Å². The van der Waals surface area contributed by atoms with Gasteiger partial charge in [0.05, 0.1) is 6.54 Å². The topological polar surface area (TPSA) is 64.9 Å². The molecular formula is C17H29N5O2. The summed E-state index contributed by atoms with van der Waals surface area (Å²) in [5.74, 6) is 1.35. The number of nitrogens with one attached hydrogen (secondary N) is 1. The Morgan fingerprint density at radius 3 is 2.62 bits per heavy atom. The molecule has 3 heterocycles. The molecule has 2 aliphatic rings. The zero-order chi connectivity index (χ0) is 16.9. The van der Waals surface area contributed by atoms with Crippen LogP contribution in [0.5, 0.6) is 0 Å². The maximum absolute atomic E-state index is 12.5. The van der Waals surface area contributed by atoms with E-state index in [1.165, 1.54) is 38.7 Å². The summed E-state index contributed by atoms with van der Waals surface area (Å²) in [6, 6.07) is 0. The summed E-state index contributed by atoms with van der Waals surface area (Å²) in [4.78, 5) is 23.6. The number of aromatic nitrogens is 1. The number of carbonyl (C=O) groups excluding carboxylic acids is 1. The van der Waals surface area contributed by atoms with Crippen LogP contribution in [0.3, 0.4) is 0 Å². The fourth-order valence-corrected chi connectivity index (χ4v) is 3.55. The third-order valence-electron chi connectivity index (χ3n) is 5.11. The lowest BCUT2D eigenvalue weighted by Gasteiger charge is -2.38. The smallest absolute Gasteiger partial charge is 0.275 e. The maximum atomic E-state index is 12.5. The predicted octanol–water partition coefficient (Wildman–Crippen LogP) is 0.494. The monoisotopic (exact) mass is 335 g/mol. The zero-order valence-corrected chi connectivity index (χ0v) is 14.8. The van der Waals surface area contributed by atoms with Gasteiger partial charge in [-0.3, -0.25) is 9.69 Å². The van der Waals surface area contributed by atoms with Crippen LogP contribution in [0.2, 0.25) is 0 Å². The van der Waals surface area contributed by atoms with Crippen LogP contribution < -0.4 is 5.32 Å². The van der Waals surface area contributed by atoms with E-state index in [-0.39, 0.29) is 5.91 Å². The number of piperidine rings is 1. The summed E-state index contributed by atoms with van der Waals surface area (Å²) in [5.41, 5.74) is 0.420. The van der Waals surface area contributed by atoms with E-state index in [1.54, 1.807) is 0 Å². The summed E-state index contributed by atoms with van der Waals surface area (Å²) >= 11 is 0. The van der Waals surface area contributed by atoms with Gasteiger partial charge in [0, 0.05) is 32.7 Å². The first kappa shape index (κ1) is 17.4. The van der Waals surface area contributed by atoms with Gasteiger partial charge >= 0.3 is 0 Å². The molecular weight excluding hydrogens is 306 g/mol. The van der Waals surface area contributed by atoms with Crippen LogP contribution in [0.4, 0.5) is 0 Å². The van der Waals surface area contributed by atoms with Crippen molar-refractivity contribution in [3.8, 4) is 0 Å². The molecule has 0 atom stereocenters. The largest absolute Gasteiger partial charge is 0.447 e. The Balaban J connectivity index is 1.45. The number of nitrogens with zero attached hydrogens (tertiary/aromatic N) is 4. The molecule has 7 nitrogen and oxygen atoms in total.